The number of esters is 1. The first-order chi connectivity index (χ1) is 12.2. The molecule has 0 fully saturated rings. The lowest BCUT2D eigenvalue weighted by atomic mass is 10.1. The summed E-state index contributed by atoms with van der Waals surface area (Å²) in [6.07, 6.45) is 1.45. The largest absolute Gasteiger partial charge is 0.461 e. The van der Waals surface area contributed by atoms with Crippen molar-refractivity contribution in [3.63, 3.8) is 0 Å². The molecule has 2 aromatic heterocycles. The molecule has 0 aliphatic heterocycles. The summed E-state index contributed by atoms with van der Waals surface area (Å²) in [7, 11) is 0. The van der Waals surface area contributed by atoms with E-state index in [4.69, 9.17) is 9.15 Å². The quantitative estimate of drug-likeness (QED) is 0.516. The van der Waals surface area contributed by atoms with Crippen LogP contribution in [0.1, 0.15) is 23.0 Å². The molecule has 0 aliphatic carbocycles. The predicted molar refractivity (Wildman–Crippen MR) is 95.4 cm³/mol. The number of carbonyl (C=O) groups is 1. The Morgan fingerprint density at radius 1 is 1.20 bits per heavy atom. The maximum Gasteiger partial charge on any atom is 0.358 e. The van der Waals surface area contributed by atoms with Gasteiger partial charge in [0.2, 0.25) is 0 Å². The van der Waals surface area contributed by atoms with Gasteiger partial charge >= 0.3 is 5.97 Å². The van der Waals surface area contributed by atoms with Crippen LogP contribution < -0.4 is 0 Å². The number of aromatic nitrogens is 2. The van der Waals surface area contributed by atoms with Crippen molar-refractivity contribution in [2.75, 3.05) is 6.61 Å². The van der Waals surface area contributed by atoms with Crippen LogP contribution in [0.25, 0.3) is 33.3 Å². The maximum atomic E-state index is 11.9. The van der Waals surface area contributed by atoms with Gasteiger partial charge in [-0.2, -0.15) is 0 Å². The van der Waals surface area contributed by atoms with Gasteiger partial charge in [-0.15, -0.1) is 0 Å². The number of benzene rings is 2. The van der Waals surface area contributed by atoms with Crippen LogP contribution in [0.4, 0.5) is 0 Å². The number of fused-ring (bicyclic) bond motifs is 2. The molecule has 2 aromatic carbocycles. The van der Waals surface area contributed by atoms with Gasteiger partial charge in [0.05, 0.1) is 23.8 Å². The average Bonchev–Trinajstić information content (AvgIpc) is 3.04. The molecule has 0 bridgehead atoms. The zero-order valence-corrected chi connectivity index (χ0v) is 13.9. The van der Waals surface area contributed by atoms with Crippen LogP contribution in [0, 0.1) is 6.92 Å². The lowest BCUT2D eigenvalue weighted by Gasteiger charge is -2.07. The molecule has 4 aromatic rings. The maximum absolute atomic E-state index is 11.9. The summed E-state index contributed by atoms with van der Waals surface area (Å²) in [6, 6.07) is 13.8. The number of ether oxygens (including phenoxy) is 1. The summed E-state index contributed by atoms with van der Waals surface area (Å²) in [5.41, 5.74) is 4.23. The molecule has 5 nitrogen and oxygen atoms in total. The number of hydrogen-bond acceptors (Lipinski definition) is 5. The number of aryl methyl sites for hydroxylation is 1. The molecule has 0 spiro atoms. The van der Waals surface area contributed by atoms with Crippen molar-refractivity contribution >= 4 is 28.0 Å². The minimum atomic E-state index is -0.469. The molecule has 0 radical (unpaired) electrons. The zero-order chi connectivity index (χ0) is 17.4. The Morgan fingerprint density at radius 2 is 2.04 bits per heavy atom. The second-order valence-corrected chi connectivity index (χ2v) is 5.80. The lowest BCUT2D eigenvalue weighted by molar-refractivity contribution is 0.0519. The van der Waals surface area contributed by atoms with E-state index in [9.17, 15) is 4.79 Å². The summed E-state index contributed by atoms with van der Waals surface area (Å²) >= 11 is 0. The predicted octanol–water partition coefficient (Wildman–Crippen LogP) is 4.53. The molecule has 0 aliphatic rings. The first kappa shape index (κ1) is 15.3. The van der Waals surface area contributed by atoms with E-state index in [1.807, 2.05) is 49.4 Å². The van der Waals surface area contributed by atoms with Gasteiger partial charge in [-0.3, -0.25) is 4.98 Å². The van der Waals surface area contributed by atoms with Gasteiger partial charge in [-0.25, -0.2) is 9.78 Å². The summed E-state index contributed by atoms with van der Waals surface area (Å²) in [6.45, 7) is 4.04. The van der Waals surface area contributed by atoms with Crippen LogP contribution in [0.15, 0.2) is 53.1 Å². The van der Waals surface area contributed by atoms with Crippen LogP contribution in [0.3, 0.4) is 0 Å². The van der Waals surface area contributed by atoms with E-state index in [0.29, 0.717) is 17.6 Å². The molecule has 0 amide bonds. The standard InChI is InChI=1S/C20H16N2O3/c1-3-24-20(23)16-11-21-19-14(8-12(2)9-15(19)22-16)18-10-13-6-4-5-7-17(13)25-18/h4-11H,3H2,1-2H3. The van der Waals surface area contributed by atoms with Gasteiger partial charge < -0.3 is 9.15 Å². The van der Waals surface area contributed by atoms with Crippen molar-refractivity contribution in [1.82, 2.24) is 9.97 Å². The SMILES string of the molecule is CCOC(=O)c1cnc2c(-c3cc4ccccc4o3)cc(C)cc2n1. The van der Waals surface area contributed by atoms with E-state index < -0.39 is 5.97 Å². The van der Waals surface area contributed by atoms with Crippen molar-refractivity contribution in [2.45, 2.75) is 13.8 Å². The second-order valence-electron chi connectivity index (χ2n) is 5.80. The van der Waals surface area contributed by atoms with Crippen molar-refractivity contribution in [1.29, 1.82) is 0 Å². The first-order valence-corrected chi connectivity index (χ1v) is 8.09. The highest BCUT2D eigenvalue weighted by Gasteiger charge is 2.15. The molecular weight excluding hydrogens is 316 g/mol. The van der Waals surface area contributed by atoms with E-state index in [0.717, 1.165) is 27.9 Å². The minimum Gasteiger partial charge on any atom is -0.461 e. The molecule has 5 heteroatoms. The lowest BCUT2D eigenvalue weighted by Crippen LogP contribution is -2.08. The first-order valence-electron chi connectivity index (χ1n) is 8.09. The van der Waals surface area contributed by atoms with Gasteiger partial charge in [0, 0.05) is 10.9 Å². The highest BCUT2D eigenvalue weighted by Crippen LogP contribution is 2.32. The molecule has 124 valence electrons. The molecule has 4 rings (SSSR count). The number of nitrogens with zero attached hydrogens (tertiary/aromatic N) is 2. The van der Waals surface area contributed by atoms with Gasteiger partial charge in [0.25, 0.3) is 0 Å². The highest BCUT2D eigenvalue weighted by atomic mass is 16.5. The van der Waals surface area contributed by atoms with Gasteiger partial charge in [-0.1, -0.05) is 18.2 Å². The van der Waals surface area contributed by atoms with E-state index >= 15 is 0 Å². The zero-order valence-electron chi connectivity index (χ0n) is 13.9. The minimum absolute atomic E-state index is 0.204. The van der Waals surface area contributed by atoms with Crippen LogP contribution in [-0.2, 0) is 4.74 Å². The second kappa shape index (κ2) is 6.02. The number of rotatable bonds is 3. The van der Waals surface area contributed by atoms with Crippen LogP contribution in [-0.4, -0.2) is 22.5 Å². The topological polar surface area (TPSA) is 65.2 Å². The summed E-state index contributed by atoms with van der Waals surface area (Å²) in [5, 5.41) is 1.03. The van der Waals surface area contributed by atoms with Crippen molar-refractivity contribution in [3.8, 4) is 11.3 Å². The third-order valence-electron chi connectivity index (χ3n) is 3.97. The molecular formula is C20H16N2O3. The average molecular weight is 332 g/mol. The Labute approximate surface area is 144 Å². The van der Waals surface area contributed by atoms with Gasteiger partial charge in [0.15, 0.2) is 5.69 Å². The van der Waals surface area contributed by atoms with E-state index in [1.54, 1.807) is 6.92 Å². The fraction of sp³-hybridized carbons (Fsp3) is 0.150. The van der Waals surface area contributed by atoms with Gasteiger partial charge in [0.1, 0.15) is 11.3 Å². The van der Waals surface area contributed by atoms with Crippen LogP contribution in [0.5, 0.6) is 0 Å². The smallest absolute Gasteiger partial charge is 0.358 e. The normalized spacial score (nSPS) is 11.1. The Hall–Kier alpha value is -3.21. The third-order valence-corrected chi connectivity index (χ3v) is 3.97. The number of hydrogen-bond donors (Lipinski definition) is 0. The number of carbonyl (C=O) groups excluding carboxylic acids is 1. The van der Waals surface area contributed by atoms with E-state index in [2.05, 4.69) is 9.97 Å². The van der Waals surface area contributed by atoms with Crippen molar-refractivity contribution in [2.24, 2.45) is 0 Å². The van der Waals surface area contributed by atoms with Crippen molar-refractivity contribution < 1.29 is 13.9 Å². The molecule has 0 atom stereocenters. The van der Waals surface area contributed by atoms with Crippen LogP contribution in [0.2, 0.25) is 0 Å². The Bertz CT molecular complexity index is 1070. The Kier molecular flexibility index (Phi) is 3.69. The third kappa shape index (κ3) is 2.74. The van der Waals surface area contributed by atoms with E-state index in [1.165, 1.54) is 6.20 Å². The fourth-order valence-electron chi connectivity index (χ4n) is 2.87. The Morgan fingerprint density at radius 3 is 2.84 bits per heavy atom. The number of furan rings is 1. The summed E-state index contributed by atoms with van der Waals surface area (Å²) in [4.78, 5) is 20.8. The fourth-order valence-corrected chi connectivity index (χ4v) is 2.87. The van der Waals surface area contributed by atoms with Crippen LogP contribution >= 0.6 is 0 Å². The van der Waals surface area contributed by atoms with Gasteiger partial charge in [-0.05, 0) is 43.7 Å². The number of para-hydroxylation sites is 1. The van der Waals surface area contributed by atoms with E-state index in [-0.39, 0.29) is 5.69 Å². The molecule has 25 heavy (non-hydrogen) atoms. The molecule has 0 unspecified atom stereocenters. The molecule has 2 heterocycles. The Balaban J connectivity index is 1.90. The summed E-state index contributed by atoms with van der Waals surface area (Å²) in [5.74, 6) is 0.261. The highest BCUT2D eigenvalue weighted by molar-refractivity contribution is 5.96. The summed E-state index contributed by atoms with van der Waals surface area (Å²) < 4.78 is 11.0. The monoisotopic (exact) mass is 332 g/mol. The molecule has 0 saturated carbocycles. The molecule has 0 saturated heterocycles. The molecule has 0 N–H and O–H groups in total. The van der Waals surface area contributed by atoms with Crippen molar-refractivity contribution in [3.05, 3.63) is 59.9 Å².